The quantitative estimate of drug-likeness (QED) is 0.679. The van der Waals surface area contributed by atoms with Gasteiger partial charge < -0.3 is 0 Å². The van der Waals surface area contributed by atoms with Crippen LogP contribution in [0.4, 0.5) is 0 Å². The third kappa shape index (κ3) is 1.70. The fraction of sp³-hybridized carbons (Fsp3) is 0.250. The van der Waals surface area contributed by atoms with Crippen LogP contribution in [-0.4, -0.2) is 4.98 Å². The fourth-order valence-corrected chi connectivity index (χ4v) is 2.31. The van der Waals surface area contributed by atoms with Crippen LogP contribution in [0.15, 0.2) is 18.2 Å². The average molecular weight is 240 g/mol. The highest BCUT2D eigenvalue weighted by atomic mass is 35.5. The third-order valence-electron chi connectivity index (χ3n) is 2.59. The van der Waals surface area contributed by atoms with Crippen molar-refractivity contribution in [1.82, 2.24) is 4.98 Å². The number of halogens is 2. The van der Waals surface area contributed by atoms with E-state index in [0.717, 1.165) is 22.2 Å². The summed E-state index contributed by atoms with van der Waals surface area (Å²) in [5.41, 5.74) is 3.98. The maximum Gasteiger partial charge on any atom is 0.0747 e. The molecule has 0 aliphatic heterocycles. The number of hydrogen-bond donors (Lipinski definition) is 0. The van der Waals surface area contributed by atoms with Gasteiger partial charge in [0.1, 0.15) is 0 Å². The highest BCUT2D eigenvalue weighted by Gasteiger charge is 2.10. The fourth-order valence-electron chi connectivity index (χ4n) is 1.84. The molecule has 3 heteroatoms. The van der Waals surface area contributed by atoms with E-state index in [9.17, 15) is 0 Å². The number of benzene rings is 1. The Kier molecular flexibility index (Phi) is 2.85. The number of nitrogens with zero attached hydrogens (tertiary/aromatic N) is 1. The van der Waals surface area contributed by atoms with Gasteiger partial charge in [-0.05, 0) is 31.0 Å². The summed E-state index contributed by atoms with van der Waals surface area (Å²) in [4.78, 5) is 4.45. The highest BCUT2D eigenvalue weighted by molar-refractivity contribution is 6.33. The lowest BCUT2D eigenvalue weighted by Gasteiger charge is -2.09. The van der Waals surface area contributed by atoms with Crippen LogP contribution in [0.3, 0.4) is 0 Å². The molecule has 0 unspecified atom stereocenters. The molecule has 1 heterocycles. The summed E-state index contributed by atoms with van der Waals surface area (Å²) in [5, 5.41) is 1.82. The van der Waals surface area contributed by atoms with Crippen LogP contribution in [0.25, 0.3) is 10.9 Å². The summed E-state index contributed by atoms with van der Waals surface area (Å²) in [5.74, 6) is 0.351. The molecule has 1 aromatic carbocycles. The van der Waals surface area contributed by atoms with E-state index in [0.29, 0.717) is 10.9 Å². The van der Waals surface area contributed by atoms with Gasteiger partial charge in [0.2, 0.25) is 0 Å². The molecule has 0 radical (unpaired) electrons. The summed E-state index contributed by atoms with van der Waals surface area (Å²) in [6.07, 6.45) is 0. The van der Waals surface area contributed by atoms with Crippen LogP contribution in [0.5, 0.6) is 0 Å². The molecule has 0 fully saturated rings. The topological polar surface area (TPSA) is 12.9 Å². The molecule has 0 saturated carbocycles. The standard InChI is InChI=1S/C12H11Cl2N/c1-7-4-3-5-9-11(7)8(2)12(14)10(6-13)15-9/h3-5H,6H2,1-2H3. The van der Waals surface area contributed by atoms with Gasteiger partial charge in [-0.1, -0.05) is 23.7 Å². The monoisotopic (exact) mass is 239 g/mol. The summed E-state index contributed by atoms with van der Waals surface area (Å²) in [7, 11) is 0. The molecule has 0 saturated heterocycles. The molecule has 0 bridgehead atoms. The molecule has 0 spiro atoms. The van der Waals surface area contributed by atoms with E-state index in [1.165, 1.54) is 5.56 Å². The Morgan fingerprint density at radius 3 is 2.67 bits per heavy atom. The lowest BCUT2D eigenvalue weighted by molar-refractivity contribution is 1.19. The second-order valence-electron chi connectivity index (χ2n) is 3.60. The van der Waals surface area contributed by atoms with Crippen molar-refractivity contribution in [2.24, 2.45) is 0 Å². The van der Waals surface area contributed by atoms with Crippen molar-refractivity contribution in [3.05, 3.63) is 40.0 Å². The van der Waals surface area contributed by atoms with Crippen molar-refractivity contribution in [2.75, 3.05) is 0 Å². The number of pyridine rings is 1. The van der Waals surface area contributed by atoms with Crippen molar-refractivity contribution >= 4 is 34.1 Å². The van der Waals surface area contributed by atoms with E-state index in [1.807, 2.05) is 19.1 Å². The van der Waals surface area contributed by atoms with E-state index in [4.69, 9.17) is 23.2 Å². The van der Waals surface area contributed by atoms with Gasteiger partial charge in [-0.2, -0.15) is 0 Å². The van der Waals surface area contributed by atoms with Gasteiger partial charge in [-0.25, -0.2) is 4.98 Å². The minimum atomic E-state index is 0.351. The smallest absolute Gasteiger partial charge is 0.0747 e. The van der Waals surface area contributed by atoms with E-state index < -0.39 is 0 Å². The maximum absolute atomic E-state index is 6.20. The molecule has 0 aliphatic rings. The molecule has 0 amide bonds. The summed E-state index contributed by atoms with van der Waals surface area (Å²) in [6.45, 7) is 4.07. The van der Waals surface area contributed by atoms with Gasteiger partial charge in [0, 0.05) is 5.39 Å². The second-order valence-corrected chi connectivity index (χ2v) is 4.25. The van der Waals surface area contributed by atoms with Crippen molar-refractivity contribution < 1.29 is 0 Å². The van der Waals surface area contributed by atoms with E-state index in [-0.39, 0.29) is 0 Å². The largest absolute Gasteiger partial charge is 0.250 e. The molecule has 2 aromatic rings. The predicted molar refractivity (Wildman–Crippen MR) is 65.8 cm³/mol. The molecule has 2 rings (SSSR count). The number of rotatable bonds is 1. The minimum absolute atomic E-state index is 0.351. The van der Waals surface area contributed by atoms with Crippen LogP contribution < -0.4 is 0 Å². The summed E-state index contributed by atoms with van der Waals surface area (Å²) >= 11 is 12.0. The zero-order valence-corrected chi connectivity index (χ0v) is 10.2. The third-order valence-corrected chi connectivity index (χ3v) is 3.35. The van der Waals surface area contributed by atoms with Crippen LogP contribution >= 0.6 is 23.2 Å². The number of fused-ring (bicyclic) bond motifs is 1. The first-order valence-corrected chi connectivity index (χ1v) is 5.66. The van der Waals surface area contributed by atoms with E-state index >= 15 is 0 Å². The molecular weight excluding hydrogens is 229 g/mol. The normalized spacial score (nSPS) is 10.9. The number of alkyl halides is 1. The van der Waals surface area contributed by atoms with Crippen LogP contribution in [0.2, 0.25) is 5.02 Å². The molecule has 1 aromatic heterocycles. The van der Waals surface area contributed by atoms with Crippen LogP contribution in [0.1, 0.15) is 16.8 Å². The summed E-state index contributed by atoms with van der Waals surface area (Å²) in [6, 6.07) is 6.05. The first kappa shape index (κ1) is 10.7. The lowest BCUT2D eigenvalue weighted by Crippen LogP contribution is -1.94. The number of aryl methyl sites for hydroxylation is 2. The van der Waals surface area contributed by atoms with E-state index in [1.54, 1.807) is 0 Å². The van der Waals surface area contributed by atoms with Gasteiger partial charge >= 0.3 is 0 Å². The molecule has 0 atom stereocenters. The Morgan fingerprint density at radius 2 is 2.00 bits per heavy atom. The molecule has 15 heavy (non-hydrogen) atoms. The Labute approximate surface area is 99.0 Å². The SMILES string of the molecule is Cc1cccc2nc(CCl)c(Cl)c(C)c12. The first-order valence-electron chi connectivity index (χ1n) is 4.75. The molecule has 1 nitrogen and oxygen atoms in total. The lowest BCUT2D eigenvalue weighted by atomic mass is 10.0. The van der Waals surface area contributed by atoms with Gasteiger partial charge in [0.15, 0.2) is 0 Å². The van der Waals surface area contributed by atoms with Crippen molar-refractivity contribution in [3.8, 4) is 0 Å². The van der Waals surface area contributed by atoms with Crippen molar-refractivity contribution in [1.29, 1.82) is 0 Å². The zero-order chi connectivity index (χ0) is 11.0. The van der Waals surface area contributed by atoms with Crippen molar-refractivity contribution in [2.45, 2.75) is 19.7 Å². The molecular formula is C12H11Cl2N. The van der Waals surface area contributed by atoms with E-state index in [2.05, 4.69) is 18.0 Å². The maximum atomic E-state index is 6.20. The Hall–Kier alpha value is -0.790. The molecule has 0 aliphatic carbocycles. The Balaban J connectivity index is 2.91. The number of hydrogen-bond acceptors (Lipinski definition) is 1. The molecule has 0 N–H and O–H groups in total. The van der Waals surface area contributed by atoms with Gasteiger partial charge in [0.05, 0.1) is 22.1 Å². The Morgan fingerprint density at radius 1 is 1.27 bits per heavy atom. The van der Waals surface area contributed by atoms with Crippen molar-refractivity contribution in [3.63, 3.8) is 0 Å². The Bertz CT molecular complexity index is 521. The zero-order valence-electron chi connectivity index (χ0n) is 8.64. The predicted octanol–water partition coefficient (Wildman–Crippen LogP) is 4.24. The van der Waals surface area contributed by atoms with Crippen LogP contribution in [0, 0.1) is 13.8 Å². The van der Waals surface area contributed by atoms with Crippen LogP contribution in [-0.2, 0) is 5.88 Å². The van der Waals surface area contributed by atoms with Gasteiger partial charge in [-0.15, -0.1) is 11.6 Å². The number of aromatic nitrogens is 1. The molecule has 78 valence electrons. The second kappa shape index (κ2) is 3.99. The first-order chi connectivity index (χ1) is 7.15. The summed E-state index contributed by atoms with van der Waals surface area (Å²) < 4.78 is 0. The van der Waals surface area contributed by atoms with Gasteiger partial charge in [0.25, 0.3) is 0 Å². The van der Waals surface area contributed by atoms with Gasteiger partial charge in [-0.3, -0.25) is 0 Å². The average Bonchev–Trinajstić information content (AvgIpc) is 2.23. The highest BCUT2D eigenvalue weighted by Crippen LogP contribution is 2.29. The minimum Gasteiger partial charge on any atom is -0.250 e.